The summed E-state index contributed by atoms with van der Waals surface area (Å²) in [5, 5.41) is 12.6. The van der Waals surface area contributed by atoms with E-state index in [1.165, 1.54) is 11.0 Å². The topological polar surface area (TPSA) is 61.8 Å². The third-order valence-electron chi connectivity index (χ3n) is 2.94. The number of benzene rings is 1. The second-order valence-corrected chi connectivity index (χ2v) is 6.18. The van der Waals surface area contributed by atoms with Gasteiger partial charge in [-0.25, -0.2) is 9.18 Å². The lowest BCUT2D eigenvalue weighted by atomic mass is 10.2. The van der Waals surface area contributed by atoms with Gasteiger partial charge >= 0.3 is 6.09 Å². The zero-order chi connectivity index (χ0) is 16.8. The molecule has 0 radical (unpaired) electrons. The fraction of sp³-hybridized carbons (Fsp3) is 0.562. The van der Waals surface area contributed by atoms with Crippen molar-refractivity contribution in [2.45, 2.75) is 39.3 Å². The molecule has 1 aromatic carbocycles. The number of rotatable bonds is 6. The van der Waals surface area contributed by atoms with E-state index in [4.69, 9.17) is 4.74 Å². The minimum atomic E-state index is -0.621. The molecule has 0 heterocycles. The number of carbonyl (C=O) groups is 1. The Hall–Kier alpha value is -1.82. The average Bonchev–Trinajstić information content (AvgIpc) is 2.40. The van der Waals surface area contributed by atoms with Gasteiger partial charge in [0.2, 0.25) is 0 Å². The van der Waals surface area contributed by atoms with Crippen molar-refractivity contribution in [1.29, 1.82) is 0 Å². The lowest BCUT2D eigenvalue weighted by Crippen LogP contribution is -2.35. The van der Waals surface area contributed by atoms with Crippen LogP contribution in [-0.4, -0.2) is 41.8 Å². The molecule has 0 fully saturated rings. The zero-order valence-electron chi connectivity index (χ0n) is 13.6. The largest absolute Gasteiger partial charge is 0.505 e. The van der Waals surface area contributed by atoms with Crippen LogP contribution in [0, 0.1) is 5.82 Å². The van der Waals surface area contributed by atoms with Gasteiger partial charge in [-0.05, 0) is 39.8 Å². The van der Waals surface area contributed by atoms with E-state index < -0.39 is 11.4 Å². The van der Waals surface area contributed by atoms with E-state index in [0.29, 0.717) is 25.2 Å². The van der Waals surface area contributed by atoms with Crippen LogP contribution in [0.15, 0.2) is 18.2 Å². The Kier molecular flexibility index (Phi) is 6.61. The molecule has 0 saturated heterocycles. The Balaban J connectivity index is 2.25. The summed E-state index contributed by atoms with van der Waals surface area (Å²) in [5.41, 5.74) is 0.0129. The molecule has 0 unspecified atom stereocenters. The monoisotopic (exact) mass is 312 g/mol. The van der Waals surface area contributed by atoms with Gasteiger partial charge in [0.05, 0.1) is 0 Å². The number of amides is 1. The van der Waals surface area contributed by atoms with Gasteiger partial charge in [0.15, 0.2) is 11.6 Å². The van der Waals surface area contributed by atoms with Crippen molar-refractivity contribution in [3.8, 4) is 5.75 Å². The molecule has 2 N–H and O–H groups in total. The molecule has 0 aliphatic carbocycles. The van der Waals surface area contributed by atoms with Crippen molar-refractivity contribution in [2.75, 3.05) is 20.1 Å². The average molecular weight is 312 g/mol. The summed E-state index contributed by atoms with van der Waals surface area (Å²) in [5.74, 6) is -0.940. The number of aromatic hydroxyl groups is 1. The smallest absolute Gasteiger partial charge is 0.410 e. The summed E-state index contributed by atoms with van der Waals surface area (Å²) in [6, 6.07) is 4.44. The van der Waals surface area contributed by atoms with Crippen LogP contribution in [0.2, 0.25) is 0 Å². The molecule has 0 spiro atoms. The van der Waals surface area contributed by atoms with Gasteiger partial charge in [-0.3, -0.25) is 0 Å². The Morgan fingerprint density at radius 1 is 1.41 bits per heavy atom. The molecule has 0 aliphatic rings. The van der Waals surface area contributed by atoms with Crippen LogP contribution in [-0.2, 0) is 11.3 Å². The number of para-hydroxylation sites is 1. The normalized spacial score (nSPS) is 11.3. The van der Waals surface area contributed by atoms with Crippen molar-refractivity contribution in [1.82, 2.24) is 10.2 Å². The quantitative estimate of drug-likeness (QED) is 0.793. The number of nitrogens with one attached hydrogen (secondary N) is 1. The van der Waals surface area contributed by atoms with Crippen LogP contribution in [0.25, 0.3) is 0 Å². The molecule has 1 aromatic rings. The van der Waals surface area contributed by atoms with Crippen molar-refractivity contribution in [3.05, 3.63) is 29.6 Å². The van der Waals surface area contributed by atoms with Crippen molar-refractivity contribution in [2.24, 2.45) is 0 Å². The molecule has 0 atom stereocenters. The van der Waals surface area contributed by atoms with Crippen LogP contribution >= 0.6 is 0 Å². The number of phenolic OH excluding ortho intramolecular Hbond substituents is 1. The number of hydrogen-bond acceptors (Lipinski definition) is 4. The minimum Gasteiger partial charge on any atom is -0.505 e. The van der Waals surface area contributed by atoms with E-state index >= 15 is 0 Å². The molecule has 0 aliphatic heterocycles. The minimum absolute atomic E-state index is 0.319. The van der Waals surface area contributed by atoms with E-state index in [0.717, 1.165) is 6.42 Å². The highest BCUT2D eigenvalue weighted by Gasteiger charge is 2.19. The van der Waals surface area contributed by atoms with Gasteiger partial charge in [0, 0.05) is 25.7 Å². The van der Waals surface area contributed by atoms with Crippen LogP contribution in [0.4, 0.5) is 9.18 Å². The van der Waals surface area contributed by atoms with Crippen LogP contribution in [0.5, 0.6) is 5.75 Å². The highest BCUT2D eigenvalue weighted by Crippen LogP contribution is 2.20. The highest BCUT2D eigenvalue weighted by atomic mass is 19.1. The molecule has 1 rings (SSSR count). The van der Waals surface area contributed by atoms with E-state index in [1.54, 1.807) is 19.2 Å². The number of carbonyl (C=O) groups excluding carboxylic acids is 1. The van der Waals surface area contributed by atoms with Gasteiger partial charge in [0.25, 0.3) is 0 Å². The first-order valence-corrected chi connectivity index (χ1v) is 7.32. The van der Waals surface area contributed by atoms with E-state index in [2.05, 4.69) is 5.32 Å². The lowest BCUT2D eigenvalue weighted by molar-refractivity contribution is 0.0297. The summed E-state index contributed by atoms with van der Waals surface area (Å²) in [6.07, 6.45) is 0.376. The fourth-order valence-corrected chi connectivity index (χ4v) is 1.80. The molecule has 124 valence electrons. The van der Waals surface area contributed by atoms with Gasteiger partial charge in [-0.2, -0.15) is 0 Å². The first kappa shape index (κ1) is 18.2. The first-order chi connectivity index (χ1) is 10.2. The maximum atomic E-state index is 13.1. The molecule has 0 saturated carbocycles. The third kappa shape index (κ3) is 6.30. The maximum absolute atomic E-state index is 13.1. The lowest BCUT2D eigenvalue weighted by Gasteiger charge is -2.24. The van der Waals surface area contributed by atoms with Gasteiger partial charge in [0.1, 0.15) is 5.60 Å². The SMILES string of the molecule is CN(CCCNCc1cccc(F)c1O)C(=O)OC(C)(C)C. The molecular weight excluding hydrogens is 287 g/mol. The Labute approximate surface area is 131 Å². The summed E-state index contributed by atoms with van der Waals surface area (Å²) in [6.45, 7) is 7.04. The Bertz CT molecular complexity index is 501. The second kappa shape index (κ2) is 7.98. The number of nitrogens with zero attached hydrogens (tertiary/aromatic N) is 1. The number of halogens is 1. The van der Waals surface area contributed by atoms with Gasteiger partial charge in [-0.15, -0.1) is 0 Å². The summed E-state index contributed by atoms with van der Waals surface area (Å²) < 4.78 is 18.4. The first-order valence-electron chi connectivity index (χ1n) is 7.32. The second-order valence-electron chi connectivity index (χ2n) is 6.18. The van der Waals surface area contributed by atoms with Crippen LogP contribution in [0.1, 0.15) is 32.8 Å². The maximum Gasteiger partial charge on any atom is 0.410 e. The van der Waals surface area contributed by atoms with Crippen molar-refractivity contribution < 1.29 is 19.0 Å². The highest BCUT2D eigenvalue weighted by molar-refractivity contribution is 5.67. The number of ether oxygens (including phenoxy) is 1. The van der Waals surface area contributed by atoms with Crippen molar-refractivity contribution >= 4 is 6.09 Å². The van der Waals surface area contributed by atoms with Crippen LogP contribution in [0.3, 0.4) is 0 Å². The van der Waals surface area contributed by atoms with E-state index in [9.17, 15) is 14.3 Å². The predicted molar refractivity (Wildman–Crippen MR) is 83.3 cm³/mol. The molecule has 0 bridgehead atoms. The molecule has 22 heavy (non-hydrogen) atoms. The third-order valence-corrected chi connectivity index (χ3v) is 2.94. The standard InChI is InChI=1S/C16H25FN2O3/c1-16(2,3)22-15(21)19(4)10-6-9-18-11-12-7-5-8-13(17)14(12)20/h5,7-8,18,20H,6,9-11H2,1-4H3. The molecule has 1 amide bonds. The summed E-state index contributed by atoms with van der Waals surface area (Å²) >= 11 is 0. The van der Waals surface area contributed by atoms with Crippen LogP contribution < -0.4 is 5.32 Å². The zero-order valence-corrected chi connectivity index (χ0v) is 13.6. The Morgan fingerprint density at radius 3 is 2.73 bits per heavy atom. The number of hydrogen-bond donors (Lipinski definition) is 2. The number of phenols is 1. The molecular formula is C16H25FN2O3. The predicted octanol–water partition coefficient (Wildman–Crippen LogP) is 2.88. The molecule has 0 aromatic heterocycles. The molecule has 5 nitrogen and oxygen atoms in total. The van der Waals surface area contributed by atoms with E-state index in [-0.39, 0.29) is 11.8 Å². The van der Waals surface area contributed by atoms with Gasteiger partial charge < -0.3 is 20.1 Å². The van der Waals surface area contributed by atoms with Crippen molar-refractivity contribution in [3.63, 3.8) is 0 Å². The summed E-state index contributed by atoms with van der Waals surface area (Å²) in [4.78, 5) is 13.3. The Morgan fingerprint density at radius 2 is 2.09 bits per heavy atom. The molecule has 6 heteroatoms. The van der Waals surface area contributed by atoms with Gasteiger partial charge in [-0.1, -0.05) is 12.1 Å². The fourth-order valence-electron chi connectivity index (χ4n) is 1.80. The summed E-state index contributed by atoms with van der Waals surface area (Å²) in [7, 11) is 1.69. The van der Waals surface area contributed by atoms with E-state index in [1.807, 2.05) is 20.8 Å².